The second-order valence-electron chi connectivity index (χ2n) is 5.82. The average Bonchev–Trinajstić information content (AvgIpc) is 2.56. The molecule has 148 valence electrons. The van der Waals surface area contributed by atoms with Crippen molar-refractivity contribution >= 4 is 0 Å². The molecule has 0 radical (unpaired) electrons. The van der Waals surface area contributed by atoms with Crippen LogP contribution >= 0.6 is 0 Å². The van der Waals surface area contributed by atoms with Gasteiger partial charge in [-0.05, 0) is 29.5 Å². The Kier molecular flexibility index (Phi) is 14.6. The van der Waals surface area contributed by atoms with E-state index < -0.39 is 12.2 Å². The summed E-state index contributed by atoms with van der Waals surface area (Å²) >= 11 is 0. The summed E-state index contributed by atoms with van der Waals surface area (Å²) in [5.41, 5.74) is 7.29. The number of alkyl halides is 3. The van der Waals surface area contributed by atoms with Gasteiger partial charge >= 0.3 is 6.18 Å². The minimum atomic E-state index is -4.36. The molecule has 0 aromatic heterocycles. The molecule has 0 spiro atoms. The van der Waals surface area contributed by atoms with Crippen LogP contribution in [0.3, 0.4) is 0 Å². The zero-order valence-corrected chi connectivity index (χ0v) is 16.8. The van der Waals surface area contributed by atoms with Gasteiger partial charge in [0.1, 0.15) is 11.8 Å². The van der Waals surface area contributed by atoms with Crippen molar-refractivity contribution in [2.45, 2.75) is 85.9 Å². The van der Waals surface area contributed by atoms with Crippen LogP contribution in [0.25, 0.3) is 0 Å². The highest BCUT2D eigenvalue weighted by Crippen LogP contribution is 2.29. The van der Waals surface area contributed by atoms with E-state index in [0.717, 1.165) is 12.0 Å². The summed E-state index contributed by atoms with van der Waals surface area (Å²) in [6.07, 6.45) is -2.57. The maximum atomic E-state index is 12.3. The predicted octanol–water partition coefficient (Wildman–Crippen LogP) is 6.47. The van der Waals surface area contributed by atoms with Crippen molar-refractivity contribution in [1.82, 2.24) is 0 Å². The van der Waals surface area contributed by atoms with Crippen molar-refractivity contribution in [3.05, 3.63) is 29.3 Å². The summed E-state index contributed by atoms with van der Waals surface area (Å²) in [6.45, 7) is 14.4. The summed E-state index contributed by atoms with van der Waals surface area (Å²) in [4.78, 5) is 0. The fourth-order valence-electron chi connectivity index (χ4n) is 2.10. The number of ether oxygens (including phenoxy) is 1. The van der Waals surface area contributed by atoms with Gasteiger partial charge in [-0.1, -0.05) is 67.0 Å². The Labute approximate surface area is 152 Å². The van der Waals surface area contributed by atoms with Gasteiger partial charge in [0.15, 0.2) is 0 Å². The number of hydrogen-bond acceptors (Lipinski definition) is 2. The summed E-state index contributed by atoms with van der Waals surface area (Å²) in [7, 11) is 0. The third-order valence-corrected chi connectivity index (χ3v) is 3.25. The van der Waals surface area contributed by atoms with E-state index in [2.05, 4.69) is 27.7 Å². The first-order valence-corrected chi connectivity index (χ1v) is 9.25. The van der Waals surface area contributed by atoms with E-state index in [9.17, 15) is 13.2 Å². The Balaban J connectivity index is 0. The molecule has 0 aliphatic rings. The molecule has 1 unspecified atom stereocenters. The first kappa shape index (κ1) is 26.0. The van der Waals surface area contributed by atoms with E-state index in [1.54, 1.807) is 6.07 Å². The molecule has 0 amide bonds. The highest BCUT2D eigenvalue weighted by molar-refractivity contribution is 5.41. The van der Waals surface area contributed by atoms with Crippen molar-refractivity contribution in [1.29, 1.82) is 0 Å². The molecule has 2 nitrogen and oxygen atoms in total. The smallest absolute Gasteiger partial charge is 0.403 e. The summed E-state index contributed by atoms with van der Waals surface area (Å²) in [6, 6.07) is 3.86. The molecule has 0 bridgehead atoms. The van der Waals surface area contributed by atoms with Crippen molar-refractivity contribution in [2.75, 3.05) is 6.61 Å². The molecule has 5 heteroatoms. The second kappa shape index (κ2) is 14.0. The third kappa shape index (κ3) is 10.4. The van der Waals surface area contributed by atoms with Crippen LogP contribution in [0.2, 0.25) is 0 Å². The lowest BCUT2D eigenvalue weighted by Gasteiger charge is -2.19. The normalized spacial score (nSPS) is 11.8. The lowest BCUT2D eigenvalue weighted by molar-refractivity contribution is -0.150. The van der Waals surface area contributed by atoms with Crippen LogP contribution in [0.5, 0.6) is 5.75 Å². The third-order valence-electron chi connectivity index (χ3n) is 3.25. The van der Waals surface area contributed by atoms with Crippen LogP contribution in [0.1, 0.15) is 78.4 Å². The predicted molar refractivity (Wildman–Crippen MR) is 101 cm³/mol. The fourth-order valence-corrected chi connectivity index (χ4v) is 2.10. The molecule has 0 aliphatic heterocycles. The SMILES string of the molecule is CC.CCC.CCc1c(OCCC(N)C(F)(F)F)cccc1C(C)C. The van der Waals surface area contributed by atoms with Gasteiger partial charge in [-0.25, -0.2) is 0 Å². The first-order chi connectivity index (χ1) is 11.7. The van der Waals surface area contributed by atoms with Crippen LogP contribution in [0.4, 0.5) is 13.2 Å². The fraction of sp³-hybridized carbons (Fsp3) is 0.700. The summed E-state index contributed by atoms with van der Waals surface area (Å²) in [5.74, 6) is 1.01. The summed E-state index contributed by atoms with van der Waals surface area (Å²) in [5, 5.41) is 0. The molecule has 2 N–H and O–H groups in total. The zero-order chi connectivity index (χ0) is 20.0. The van der Waals surface area contributed by atoms with Gasteiger partial charge in [0.25, 0.3) is 0 Å². The summed E-state index contributed by atoms with van der Waals surface area (Å²) < 4.78 is 42.4. The van der Waals surface area contributed by atoms with E-state index in [1.165, 1.54) is 12.0 Å². The van der Waals surface area contributed by atoms with Gasteiger partial charge in [-0.15, -0.1) is 0 Å². The Morgan fingerprint density at radius 2 is 1.60 bits per heavy atom. The van der Waals surface area contributed by atoms with Crippen LogP contribution in [0, 0.1) is 0 Å². The average molecular weight is 364 g/mol. The van der Waals surface area contributed by atoms with Crippen molar-refractivity contribution in [3.63, 3.8) is 0 Å². The Morgan fingerprint density at radius 3 is 2.00 bits per heavy atom. The van der Waals surface area contributed by atoms with Crippen LogP contribution in [0.15, 0.2) is 18.2 Å². The first-order valence-electron chi connectivity index (χ1n) is 9.25. The van der Waals surface area contributed by atoms with Crippen molar-refractivity contribution in [2.24, 2.45) is 5.73 Å². The van der Waals surface area contributed by atoms with Crippen LogP contribution < -0.4 is 10.5 Å². The van der Waals surface area contributed by atoms with Gasteiger partial charge in [-0.2, -0.15) is 13.2 Å². The molecule has 0 fully saturated rings. The molecule has 0 aliphatic carbocycles. The van der Waals surface area contributed by atoms with Gasteiger partial charge in [0.05, 0.1) is 6.61 Å². The van der Waals surface area contributed by atoms with E-state index >= 15 is 0 Å². The minimum absolute atomic E-state index is 0.0325. The number of halogens is 3. The Hall–Kier alpha value is -1.23. The largest absolute Gasteiger partial charge is 0.493 e. The quantitative estimate of drug-likeness (QED) is 0.628. The molecule has 0 heterocycles. The van der Waals surface area contributed by atoms with E-state index in [1.807, 2.05) is 32.9 Å². The molecule has 1 atom stereocenters. The van der Waals surface area contributed by atoms with Crippen LogP contribution in [-0.4, -0.2) is 18.8 Å². The lowest BCUT2D eigenvalue weighted by Crippen LogP contribution is -2.38. The molecule has 25 heavy (non-hydrogen) atoms. The molecule has 1 aromatic carbocycles. The zero-order valence-electron chi connectivity index (χ0n) is 16.8. The van der Waals surface area contributed by atoms with E-state index in [0.29, 0.717) is 11.7 Å². The lowest BCUT2D eigenvalue weighted by atomic mass is 9.95. The maximum absolute atomic E-state index is 12.3. The molecule has 0 saturated carbocycles. The second-order valence-corrected chi connectivity index (χ2v) is 5.82. The topological polar surface area (TPSA) is 35.2 Å². The van der Waals surface area contributed by atoms with E-state index in [-0.39, 0.29) is 13.0 Å². The van der Waals surface area contributed by atoms with Crippen molar-refractivity contribution in [3.8, 4) is 5.75 Å². The van der Waals surface area contributed by atoms with Gasteiger partial charge in [0, 0.05) is 6.42 Å². The van der Waals surface area contributed by atoms with Crippen LogP contribution in [-0.2, 0) is 6.42 Å². The standard InChI is InChI=1S/C15H22F3NO.C3H8.C2H6/c1-4-11-12(10(2)3)6-5-7-13(11)20-9-8-14(19)15(16,17)18;1-3-2;1-2/h5-7,10,14H,4,8-9,19H2,1-3H3;3H2,1-2H3;1-2H3. The van der Waals surface area contributed by atoms with Crippen molar-refractivity contribution < 1.29 is 17.9 Å². The highest BCUT2D eigenvalue weighted by Gasteiger charge is 2.36. The molecule has 1 rings (SSSR count). The number of nitrogens with two attached hydrogens (primary N) is 1. The molecular weight excluding hydrogens is 327 g/mol. The molecule has 1 aromatic rings. The highest BCUT2D eigenvalue weighted by atomic mass is 19.4. The molecule has 0 saturated heterocycles. The number of rotatable bonds is 6. The monoisotopic (exact) mass is 363 g/mol. The minimum Gasteiger partial charge on any atom is -0.493 e. The Morgan fingerprint density at radius 1 is 1.08 bits per heavy atom. The maximum Gasteiger partial charge on any atom is 0.403 e. The number of benzene rings is 1. The van der Waals surface area contributed by atoms with E-state index in [4.69, 9.17) is 10.5 Å². The van der Waals surface area contributed by atoms with Gasteiger partial charge in [0.2, 0.25) is 0 Å². The van der Waals surface area contributed by atoms with Gasteiger partial charge < -0.3 is 10.5 Å². The van der Waals surface area contributed by atoms with Gasteiger partial charge in [-0.3, -0.25) is 0 Å². The molecular formula is C20H36F3NO. The Bertz CT molecular complexity index is 445. The number of hydrogen-bond donors (Lipinski definition) is 1.